The number of amides is 1. The summed E-state index contributed by atoms with van der Waals surface area (Å²) in [5.74, 6) is 0.164. The second-order valence-corrected chi connectivity index (χ2v) is 5.95. The monoisotopic (exact) mass is 253 g/mol. The minimum atomic E-state index is -0.242. The molecule has 1 aromatic rings. The number of likely N-dealkylation sites (N-methyl/N-ethyl adjacent to an activating group) is 1. The first-order valence-corrected chi connectivity index (χ1v) is 6.79. The third-order valence-corrected chi connectivity index (χ3v) is 4.23. The lowest BCUT2D eigenvalue weighted by atomic mass is 10.1. The zero-order chi connectivity index (χ0) is 12.5. The molecule has 1 aliphatic carbocycles. The molecule has 1 fully saturated rings. The SMILES string of the molecule is CN(C(=O)CNC(C)(C)c1nccs1)C1CC1. The molecule has 0 aromatic carbocycles. The van der Waals surface area contributed by atoms with Crippen LogP contribution < -0.4 is 5.32 Å². The molecule has 5 heteroatoms. The van der Waals surface area contributed by atoms with Crippen molar-refractivity contribution in [1.82, 2.24) is 15.2 Å². The van der Waals surface area contributed by atoms with E-state index in [0.717, 1.165) is 17.8 Å². The highest BCUT2D eigenvalue weighted by molar-refractivity contribution is 7.09. The molecule has 0 saturated heterocycles. The van der Waals surface area contributed by atoms with Crippen molar-refractivity contribution in [2.75, 3.05) is 13.6 Å². The molecule has 0 bridgehead atoms. The van der Waals surface area contributed by atoms with Gasteiger partial charge in [-0.3, -0.25) is 10.1 Å². The van der Waals surface area contributed by atoms with Crippen LogP contribution in [0.5, 0.6) is 0 Å². The summed E-state index contributed by atoms with van der Waals surface area (Å²) >= 11 is 1.61. The maximum absolute atomic E-state index is 11.9. The molecule has 1 heterocycles. The predicted molar refractivity (Wildman–Crippen MR) is 68.9 cm³/mol. The summed E-state index contributed by atoms with van der Waals surface area (Å²) in [6.45, 7) is 4.48. The van der Waals surface area contributed by atoms with Crippen molar-refractivity contribution < 1.29 is 4.79 Å². The van der Waals surface area contributed by atoms with Gasteiger partial charge in [0, 0.05) is 24.7 Å². The Hall–Kier alpha value is -0.940. The molecule has 0 unspecified atom stereocenters. The lowest BCUT2D eigenvalue weighted by molar-refractivity contribution is -0.129. The van der Waals surface area contributed by atoms with Gasteiger partial charge in [-0.1, -0.05) is 0 Å². The Bertz CT molecular complexity index is 384. The second kappa shape index (κ2) is 4.74. The van der Waals surface area contributed by atoms with Gasteiger partial charge >= 0.3 is 0 Å². The number of hydrogen-bond acceptors (Lipinski definition) is 4. The summed E-state index contributed by atoms with van der Waals surface area (Å²) in [7, 11) is 1.89. The molecule has 1 amide bonds. The Morgan fingerprint density at radius 2 is 2.35 bits per heavy atom. The molecule has 94 valence electrons. The van der Waals surface area contributed by atoms with E-state index in [1.165, 1.54) is 0 Å². The number of carbonyl (C=O) groups is 1. The van der Waals surface area contributed by atoms with Gasteiger partial charge in [-0.05, 0) is 26.7 Å². The molecule has 1 saturated carbocycles. The Morgan fingerprint density at radius 3 is 2.88 bits per heavy atom. The van der Waals surface area contributed by atoms with Gasteiger partial charge in [-0.25, -0.2) is 4.98 Å². The van der Waals surface area contributed by atoms with Crippen LogP contribution in [-0.4, -0.2) is 35.4 Å². The molecule has 1 aliphatic rings. The number of thiazole rings is 1. The normalized spacial score (nSPS) is 15.9. The van der Waals surface area contributed by atoms with Gasteiger partial charge < -0.3 is 4.90 Å². The Balaban J connectivity index is 1.86. The fraction of sp³-hybridized carbons (Fsp3) is 0.667. The highest BCUT2D eigenvalue weighted by atomic mass is 32.1. The summed E-state index contributed by atoms with van der Waals surface area (Å²) in [6.07, 6.45) is 4.10. The highest BCUT2D eigenvalue weighted by Gasteiger charge is 2.30. The quantitative estimate of drug-likeness (QED) is 0.866. The number of carbonyl (C=O) groups excluding carboxylic acids is 1. The van der Waals surface area contributed by atoms with Gasteiger partial charge in [-0.15, -0.1) is 11.3 Å². The topological polar surface area (TPSA) is 45.2 Å². The maximum Gasteiger partial charge on any atom is 0.236 e. The van der Waals surface area contributed by atoms with Crippen molar-refractivity contribution in [1.29, 1.82) is 0 Å². The van der Waals surface area contributed by atoms with E-state index >= 15 is 0 Å². The first-order valence-electron chi connectivity index (χ1n) is 5.91. The van der Waals surface area contributed by atoms with Crippen LogP contribution in [0.25, 0.3) is 0 Å². The second-order valence-electron chi connectivity index (χ2n) is 5.05. The largest absolute Gasteiger partial charge is 0.342 e. The summed E-state index contributed by atoms with van der Waals surface area (Å²) in [5, 5.41) is 6.25. The van der Waals surface area contributed by atoms with Crippen LogP contribution in [-0.2, 0) is 10.3 Å². The maximum atomic E-state index is 11.9. The van der Waals surface area contributed by atoms with E-state index in [-0.39, 0.29) is 11.4 Å². The minimum absolute atomic E-state index is 0.164. The number of aromatic nitrogens is 1. The van der Waals surface area contributed by atoms with Crippen LogP contribution in [0.1, 0.15) is 31.7 Å². The van der Waals surface area contributed by atoms with Gasteiger partial charge in [0.1, 0.15) is 5.01 Å². The lowest BCUT2D eigenvalue weighted by Gasteiger charge is -2.25. The van der Waals surface area contributed by atoms with E-state index in [1.807, 2.05) is 17.3 Å². The molecule has 4 nitrogen and oxygen atoms in total. The third-order valence-electron chi connectivity index (χ3n) is 3.14. The summed E-state index contributed by atoms with van der Waals surface area (Å²) < 4.78 is 0. The van der Waals surface area contributed by atoms with Crippen molar-refractivity contribution >= 4 is 17.2 Å². The van der Waals surface area contributed by atoms with E-state index < -0.39 is 0 Å². The van der Waals surface area contributed by atoms with Gasteiger partial charge in [0.25, 0.3) is 0 Å². The van der Waals surface area contributed by atoms with E-state index in [2.05, 4.69) is 24.1 Å². The van der Waals surface area contributed by atoms with Crippen LogP contribution in [0.4, 0.5) is 0 Å². The molecular weight excluding hydrogens is 234 g/mol. The zero-order valence-electron chi connectivity index (χ0n) is 10.6. The standard InChI is InChI=1S/C12H19N3OS/c1-12(2,11-13-6-7-17-11)14-8-10(16)15(3)9-4-5-9/h6-7,9,14H,4-5,8H2,1-3H3. The number of rotatable bonds is 5. The summed E-state index contributed by atoms with van der Waals surface area (Å²) in [4.78, 5) is 18.0. The lowest BCUT2D eigenvalue weighted by Crippen LogP contribution is -2.44. The van der Waals surface area contributed by atoms with E-state index in [4.69, 9.17) is 0 Å². The van der Waals surface area contributed by atoms with Gasteiger partial charge in [0.05, 0.1) is 12.1 Å². The molecule has 0 spiro atoms. The Morgan fingerprint density at radius 1 is 1.65 bits per heavy atom. The van der Waals surface area contributed by atoms with Crippen LogP contribution in [0.2, 0.25) is 0 Å². The molecule has 0 aliphatic heterocycles. The van der Waals surface area contributed by atoms with Gasteiger partial charge in [0.2, 0.25) is 5.91 Å². The third kappa shape index (κ3) is 3.04. The fourth-order valence-electron chi connectivity index (χ4n) is 1.69. The van der Waals surface area contributed by atoms with E-state index in [1.54, 1.807) is 17.5 Å². The number of hydrogen-bond donors (Lipinski definition) is 1. The molecule has 1 N–H and O–H groups in total. The molecule has 0 atom stereocenters. The molecule has 0 radical (unpaired) electrons. The molecule has 2 rings (SSSR count). The average Bonchev–Trinajstić information content (AvgIpc) is 2.99. The Labute approximate surface area is 106 Å². The summed E-state index contributed by atoms with van der Waals surface area (Å²) in [5.41, 5.74) is -0.242. The van der Waals surface area contributed by atoms with E-state index in [0.29, 0.717) is 12.6 Å². The van der Waals surface area contributed by atoms with Crippen molar-refractivity contribution in [2.24, 2.45) is 0 Å². The Kier molecular flexibility index (Phi) is 3.49. The zero-order valence-corrected chi connectivity index (χ0v) is 11.4. The fourth-order valence-corrected chi connectivity index (χ4v) is 2.43. The van der Waals surface area contributed by atoms with Crippen molar-refractivity contribution in [2.45, 2.75) is 38.3 Å². The van der Waals surface area contributed by atoms with Gasteiger partial charge in [0.15, 0.2) is 0 Å². The van der Waals surface area contributed by atoms with Crippen LogP contribution >= 0.6 is 11.3 Å². The van der Waals surface area contributed by atoms with Crippen molar-refractivity contribution in [3.05, 3.63) is 16.6 Å². The number of nitrogens with zero attached hydrogens (tertiary/aromatic N) is 2. The average molecular weight is 253 g/mol. The molecule has 1 aromatic heterocycles. The van der Waals surface area contributed by atoms with Crippen molar-refractivity contribution in [3.63, 3.8) is 0 Å². The van der Waals surface area contributed by atoms with E-state index in [9.17, 15) is 4.79 Å². The first kappa shape index (κ1) is 12.5. The van der Waals surface area contributed by atoms with Crippen molar-refractivity contribution in [3.8, 4) is 0 Å². The predicted octanol–water partition coefficient (Wildman–Crippen LogP) is 1.59. The van der Waals surface area contributed by atoms with Crippen LogP contribution in [0.3, 0.4) is 0 Å². The smallest absolute Gasteiger partial charge is 0.236 e. The minimum Gasteiger partial charge on any atom is -0.342 e. The highest BCUT2D eigenvalue weighted by Crippen LogP contribution is 2.25. The van der Waals surface area contributed by atoms with Crippen LogP contribution in [0, 0.1) is 0 Å². The molecular formula is C12H19N3OS. The van der Waals surface area contributed by atoms with Gasteiger partial charge in [-0.2, -0.15) is 0 Å². The van der Waals surface area contributed by atoms with Crippen LogP contribution in [0.15, 0.2) is 11.6 Å². The summed E-state index contributed by atoms with van der Waals surface area (Å²) in [6, 6.07) is 0.479. The number of nitrogens with one attached hydrogen (secondary N) is 1. The first-order chi connectivity index (χ1) is 8.00. The molecule has 17 heavy (non-hydrogen) atoms.